The van der Waals surface area contributed by atoms with Crippen molar-refractivity contribution < 1.29 is 23.0 Å². The lowest BCUT2D eigenvalue weighted by atomic mass is 10.1. The number of carbonyl (C=O) groups is 1. The molecule has 6 nitrogen and oxygen atoms in total. The molecule has 3 aromatic rings. The third-order valence-electron chi connectivity index (χ3n) is 3.64. The predicted octanol–water partition coefficient (Wildman–Crippen LogP) is 4.25. The van der Waals surface area contributed by atoms with E-state index in [1.807, 2.05) is 0 Å². The molecule has 0 saturated carbocycles. The zero-order valence-electron chi connectivity index (χ0n) is 13.6. The predicted molar refractivity (Wildman–Crippen MR) is 93.0 cm³/mol. The fraction of sp³-hybridized carbons (Fsp3) is 0.118. The minimum atomic E-state index is -0.999. The van der Waals surface area contributed by atoms with Crippen LogP contribution in [0.4, 0.5) is 14.5 Å². The van der Waals surface area contributed by atoms with E-state index in [0.29, 0.717) is 5.39 Å². The summed E-state index contributed by atoms with van der Waals surface area (Å²) in [6, 6.07) is 4.62. The maximum absolute atomic E-state index is 15.0. The van der Waals surface area contributed by atoms with Crippen LogP contribution >= 0.6 is 11.6 Å². The van der Waals surface area contributed by atoms with Crippen LogP contribution in [-0.4, -0.2) is 36.6 Å². The molecule has 0 saturated heterocycles. The van der Waals surface area contributed by atoms with Crippen LogP contribution in [0.2, 0.25) is 5.02 Å². The quantitative estimate of drug-likeness (QED) is 0.417. The molecule has 1 N–H and O–H groups in total. The molecule has 3 rings (SSSR count). The fourth-order valence-corrected chi connectivity index (χ4v) is 2.69. The highest BCUT2D eigenvalue weighted by atomic mass is 35.5. The van der Waals surface area contributed by atoms with Crippen LogP contribution in [0.3, 0.4) is 0 Å². The Bertz CT molecular complexity index is 1030. The van der Waals surface area contributed by atoms with Gasteiger partial charge >= 0.3 is 5.97 Å². The van der Waals surface area contributed by atoms with E-state index in [0.717, 1.165) is 13.5 Å². The number of methoxy groups -OCH3 is 2. The van der Waals surface area contributed by atoms with E-state index in [1.54, 1.807) is 18.3 Å². The van der Waals surface area contributed by atoms with E-state index in [1.165, 1.54) is 13.2 Å². The first-order valence-electron chi connectivity index (χ1n) is 7.28. The summed E-state index contributed by atoms with van der Waals surface area (Å²) in [7, 11) is 2.42. The third-order valence-corrected chi connectivity index (χ3v) is 4.00. The fourth-order valence-electron chi connectivity index (χ4n) is 2.43. The number of pyridine rings is 1. The second kappa shape index (κ2) is 7.09. The topological polar surface area (TPSA) is 76.6 Å². The van der Waals surface area contributed by atoms with Crippen molar-refractivity contribution >= 4 is 40.6 Å². The Morgan fingerprint density at radius 2 is 2.04 bits per heavy atom. The number of ether oxygens (including phenoxy) is 2. The number of hydrogen-bond donors (Lipinski definition) is 1. The second-order valence-corrected chi connectivity index (χ2v) is 5.49. The third kappa shape index (κ3) is 2.88. The van der Waals surface area contributed by atoms with E-state index < -0.39 is 29.0 Å². The van der Waals surface area contributed by atoms with E-state index >= 15 is 0 Å². The Balaban J connectivity index is 2.33. The number of nitrogens with one attached hydrogen (secondary N) is 1. The minimum absolute atomic E-state index is 0.159. The number of halogens is 3. The van der Waals surface area contributed by atoms with Crippen LogP contribution in [-0.2, 0) is 9.47 Å². The van der Waals surface area contributed by atoms with Gasteiger partial charge in [-0.3, -0.25) is 0 Å². The number of esters is 1. The molecule has 1 aromatic carbocycles. The van der Waals surface area contributed by atoms with Crippen LogP contribution < -0.4 is 0 Å². The summed E-state index contributed by atoms with van der Waals surface area (Å²) in [5.74, 6) is -2.63. The Labute approximate surface area is 151 Å². The summed E-state index contributed by atoms with van der Waals surface area (Å²) in [4.78, 5) is 22.3. The van der Waals surface area contributed by atoms with Crippen LogP contribution in [0.15, 0.2) is 29.4 Å². The first-order chi connectivity index (χ1) is 12.5. The summed E-state index contributed by atoms with van der Waals surface area (Å²) in [5.41, 5.74) is -1.20. The van der Waals surface area contributed by atoms with Crippen LogP contribution in [0.25, 0.3) is 22.2 Å². The molecule has 0 radical (unpaired) electrons. The van der Waals surface area contributed by atoms with Crippen molar-refractivity contribution in [3.05, 3.63) is 46.7 Å². The van der Waals surface area contributed by atoms with Gasteiger partial charge in [-0.15, -0.1) is 0 Å². The van der Waals surface area contributed by atoms with Crippen molar-refractivity contribution in [1.82, 2.24) is 9.97 Å². The van der Waals surface area contributed by atoms with Gasteiger partial charge in [0.2, 0.25) is 0 Å². The number of aromatic amines is 1. The number of H-pyrrole nitrogens is 1. The smallest absolute Gasteiger partial charge is 0.358 e. The first-order valence-corrected chi connectivity index (χ1v) is 7.66. The van der Waals surface area contributed by atoms with Crippen molar-refractivity contribution in [2.75, 3.05) is 14.2 Å². The lowest BCUT2D eigenvalue weighted by Gasteiger charge is -2.11. The van der Waals surface area contributed by atoms with E-state index in [9.17, 15) is 13.6 Å². The summed E-state index contributed by atoms with van der Waals surface area (Å²) < 4.78 is 39.0. The number of aromatic nitrogens is 2. The number of aliphatic imine (C=N–C) groups is 1. The summed E-state index contributed by atoms with van der Waals surface area (Å²) >= 11 is 6.03. The maximum Gasteiger partial charge on any atom is 0.358 e. The number of benzene rings is 1. The molecule has 0 bridgehead atoms. The largest absolute Gasteiger partial charge is 0.486 e. The SMILES string of the molecule is CO/C=N/c1c(F)c(-c2ccc3cc[nH]c3c2F)nc(C(=O)OC)c1Cl. The van der Waals surface area contributed by atoms with Gasteiger partial charge in [-0.1, -0.05) is 17.7 Å². The Morgan fingerprint density at radius 1 is 1.27 bits per heavy atom. The van der Waals surface area contributed by atoms with Gasteiger partial charge in [0.05, 0.1) is 19.7 Å². The molecular weight excluding hydrogens is 368 g/mol. The number of rotatable bonds is 4. The van der Waals surface area contributed by atoms with Gasteiger partial charge in [0.1, 0.15) is 16.4 Å². The van der Waals surface area contributed by atoms with Gasteiger partial charge in [-0.25, -0.2) is 23.6 Å². The zero-order valence-corrected chi connectivity index (χ0v) is 14.4. The van der Waals surface area contributed by atoms with Gasteiger partial charge in [0.25, 0.3) is 0 Å². The lowest BCUT2D eigenvalue weighted by molar-refractivity contribution is 0.0594. The van der Waals surface area contributed by atoms with Gasteiger partial charge in [0.15, 0.2) is 23.7 Å². The number of nitrogens with zero attached hydrogens (tertiary/aromatic N) is 2. The lowest BCUT2D eigenvalue weighted by Crippen LogP contribution is -2.08. The van der Waals surface area contributed by atoms with Crippen molar-refractivity contribution in [3.8, 4) is 11.3 Å². The first kappa shape index (κ1) is 17.8. The van der Waals surface area contributed by atoms with Crippen molar-refractivity contribution in [3.63, 3.8) is 0 Å². The van der Waals surface area contributed by atoms with Crippen LogP contribution in [0.1, 0.15) is 10.5 Å². The van der Waals surface area contributed by atoms with Crippen molar-refractivity contribution in [1.29, 1.82) is 0 Å². The van der Waals surface area contributed by atoms with Crippen LogP contribution in [0.5, 0.6) is 0 Å². The summed E-state index contributed by atoms with van der Waals surface area (Å²) in [5, 5.41) is 0.235. The van der Waals surface area contributed by atoms with E-state index in [-0.39, 0.29) is 21.8 Å². The van der Waals surface area contributed by atoms with Crippen LogP contribution in [0, 0.1) is 11.6 Å². The average molecular weight is 380 g/mol. The minimum Gasteiger partial charge on any atom is -0.486 e. The molecule has 0 aliphatic heterocycles. The van der Waals surface area contributed by atoms with E-state index in [4.69, 9.17) is 11.6 Å². The molecule has 26 heavy (non-hydrogen) atoms. The van der Waals surface area contributed by atoms with Crippen molar-refractivity contribution in [2.45, 2.75) is 0 Å². The summed E-state index contributed by atoms with van der Waals surface area (Å²) in [6.07, 6.45) is 2.48. The Morgan fingerprint density at radius 3 is 2.73 bits per heavy atom. The molecular formula is C17H12ClF2N3O3. The highest BCUT2D eigenvalue weighted by molar-refractivity contribution is 6.35. The molecule has 134 valence electrons. The van der Waals surface area contributed by atoms with Gasteiger partial charge < -0.3 is 14.5 Å². The highest BCUT2D eigenvalue weighted by Crippen LogP contribution is 2.38. The Hall–Kier alpha value is -3.00. The van der Waals surface area contributed by atoms with Gasteiger partial charge in [-0.05, 0) is 12.1 Å². The number of fused-ring (bicyclic) bond motifs is 1. The molecule has 0 amide bonds. The molecule has 0 atom stereocenters. The Kier molecular flexibility index (Phi) is 4.85. The monoisotopic (exact) mass is 379 g/mol. The van der Waals surface area contributed by atoms with Crippen molar-refractivity contribution in [2.24, 2.45) is 4.99 Å². The molecule has 0 aliphatic rings. The molecule has 0 aliphatic carbocycles. The normalized spacial score (nSPS) is 11.3. The maximum atomic E-state index is 15.0. The highest BCUT2D eigenvalue weighted by Gasteiger charge is 2.26. The second-order valence-electron chi connectivity index (χ2n) is 5.12. The van der Waals surface area contributed by atoms with Gasteiger partial charge in [-0.2, -0.15) is 0 Å². The summed E-state index contributed by atoms with van der Waals surface area (Å²) in [6.45, 7) is 0. The number of hydrogen-bond acceptors (Lipinski definition) is 5. The zero-order chi connectivity index (χ0) is 18.8. The average Bonchev–Trinajstić information content (AvgIpc) is 3.12. The molecule has 0 fully saturated rings. The molecule has 2 heterocycles. The molecule has 0 unspecified atom stereocenters. The molecule has 2 aromatic heterocycles. The number of carbonyl (C=O) groups excluding carboxylic acids is 1. The van der Waals surface area contributed by atoms with Gasteiger partial charge in [0, 0.05) is 17.1 Å². The van der Waals surface area contributed by atoms with E-state index in [2.05, 4.69) is 24.4 Å². The molecule has 0 spiro atoms. The standard InChI is InChI=1S/C17H12ClF2N3O3/c1-25-7-22-15-10(18)16(17(24)26-2)23-14(12(15)20)9-4-3-8-5-6-21-13(8)11(9)19/h3-7,21H,1-2H3/b22-7+. The molecule has 9 heteroatoms.